The second-order valence-electron chi connectivity index (χ2n) is 7.03. The van der Waals surface area contributed by atoms with Crippen molar-refractivity contribution in [3.63, 3.8) is 0 Å². The number of hydrogen-bond acceptors (Lipinski definition) is 6. The lowest BCUT2D eigenvalue weighted by atomic mass is 10.0. The maximum Gasteiger partial charge on any atom is 0.408 e. The predicted octanol–water partition coefficient (Wildman–Crippen LogP) is 1.06. The number of ether oxygens (including phenoxy) is 1. The standard InChI is InChI=1S/C22H25N3O7/c23-19(27)11-10-17(25-22(31)32-13-15-4-2-1-3-5-15)20(28)24-18(21(29)30)12-14-6-8-16(26)9-7-14/h1-9,17-18,26H,10-13H2,(H2,23,27)(H,24,28)(H,25,31)(H,29,30)/t17-,18-/m0/s1. The first kappa shape index (κ1) is 24.2. The van der Waals surface area contributed by atoms with Crippen molar-refractivity contribution in [3.05, 3.63) is 65.7 Å². The number of nitrogens with one attached hydrogen (secondary N) is 2. The molecule has 170 valence electrons. The van der Waals surface area contributed by atoms with Crippen LogP contribution in [0.4, 0.5) is 4.79 Å². The van der Waals surface area contributed by atoms with Gasteiger partial charge >= 0.3 is 12.1 Å². The zero-order chi connectivity index (χ0) is 23.5. The van der Waals surface area contributed by atoms with Crippen molar-refractivity contribution in [2.75, 3.05) is 0 Å². The number of phenolic OH excluding ortho intramolecular Hbond substituents is 1. The first-order valence-corrected chi connectivity index (χ1v) is 9.81. The summed E-state index contributed by atoms with van der Waals surface area (Å²) in [5, 5.41) is 23.5. The van der Waals surface area contributed by atoms with Crippen LogP contribution in [0.2, 0.25) is 0 Å². The number of carbonyl (C=O) groups is 4. The van der Waals surface area contributed by atoms with Crippen LogP contribution in [0.1, 0.15) is 24.0 Å². The minimum absolute atomic E-state index is 0.0226. The third kappa shape index (κ3) is 8.34. The Kier molecular flexibility index (Phi) is 9.03. The van der Waals surface area contributed by atoms with Gasteiger partial charge in [-0.3, -0.25) is 9.59 Å². The molecule has 0 aliphatic rings. The Balaban J connectivity index is 2.01. The predicted molar refractivity (Wildman–Crippen MR) is 113 cm³/mol. The molecule has 2 aromatic carbocycles. The minimum Gasteiger partial charge on any atom is -0.508 e. The first-order chi connectivity index (χ1) is 15.2. The number of primary amides is 1. The summed E-state index contributed by atoms with van der Waals surface area (Å²) in [7, 11) is 0. The highest BCUT2D eigenvalue weighted by molar-refractivity contribution is 5.89. The molecule has 0 heterocycles. The quantitative estimate of drug-likeness (QED) is 0.346. The molecule has 0 fully saturated rings. The fourth-order valence-corrected chi connectivity index (χ4v) is 2.80. The van der Waals surface area contributed by atoms with Gasteiger partial charge in [0.25, 0.3) is 0 Å². The summed E-state index contributed by atoms with van der Waals surface area (Å²) in [4.78, 5) is 47.6. The van der Waals surface area contributed by atoms with E-state index in [2.05, 4.69) is 10.6 Å². The van der Waals surface area contributed by atoms with Gasteiger partial charge in [-0.1, -0.05) is 42.5 Å². The third-order valence-corrected chi connectivity index (χ3v) is 4.49. The highest BCUT2D eigenvalue weighted by Crippen LogP contribution is 2.12. The van der Waals surface area contributed by atoms with Crippen LogP contribution in [-0.2, 0) is 32.1 Å². The zero-order valence-corrected chi connectivity index (χ0v) is 17.2. The van der Waals surface area contributed by atoms with Crippen molar-refractivity contribution < 1.29 is 34.1 Å². The van der Waals surface area contributed by atoms with Crippen LogP contribution in [0.25, 0.3) is 0 Å². The summed E-state index contributed by atoms with van der Waals surface area (Å²) < 4.78 is 5.09. The van der Waals surface area contributed by atoms with Gasteiger partial charge in [0.15, 0.2) is 0 Å². The van der Waals surface area contributed by atoms with E-state index in [9.17, 15) is 29.4 Å². The average molecular weight is 443 g/mol. The topological polar surface area (TPSA) is 168 Å². The normalized spacial score (nSPS) is 12.2. The van der Waals surface area contributed by atoms with Crippen molar-refractivity contribution in [2.45, 2.75) is 38.0 Å². The number of aliphatic carboxylic acids is 1. The van der Waals surface area contributed by atoms with Gasteiger partial charge in [-0.05, 0) is 29.7 Å². The maximum atomic E-state index is 12.7. The molecule has 0 aromatic heterocycles. The number of alkyl carbamates (subject to hydrolysis) is 1. The van der Waals surface area contributed by atoms with Crippen LogP contribution in [0, 0.1) is 0 Å². The zero-order valence-electron chi connectivity index (χ0n) is 17.2. The average Bonchev–Trinajstić information content (AvgIpc) is 2.76. The van der Waals surface area contributed by atoms with Crippen LogP contribution in [-0.4, -0.2) is 46.2 Å². The van der Waals surface area contributed by atoms with Crippen molar-refractivity contribution in [2.24, 2.45) is 5.73 Å². The summed E-state index contributed by atoms with van der Waals surface area (Å²) in [6.45, 7) is -0.0323. The van der Waals surface area contributed by atoms with Crippen molar-refractivity contribution in [1.29, 1.82) is 0 Å². The number of benzene rings is 2. The van der Waals surface area contributed by atoms with Crippen LogP contribution in [0.5, 0.6) is 5.75 Å². The monoisotopic (exact) mass is 443 g/mol. The van der Waals surface area contributed by atoms with E-state index in [0.29, 0.717) is 5.56 Å². The molecule has 10 heteroatoms. The number of amides is 3. The van der Waals surface area contributed by atoms with Gasteiger partial charge in [0.2, 0.25) is 11.8 Å². The lowest BCUT2D eigenvalue weighted by molar-refractivity contribution is -0.142. The fourth-order valence-electron chi connectivity index (χ4n) is 2.80. The molecule has 0 spiro atoms. The first-order valence-electron chi connectivity index (χ1n) is 9.81. The Labute approximate surface area is 184 Å². The van der Waals surface area contributed by atoms with Gasteiger partial charge in [0.1, 0.15) is 24.4 Å². The van der Waals surface area contributed by atoms with Gasteiger partial charge < -0.3 is 31.3 Å². The molecular weight excluding hydrogens is 418 g/mol. The van der Waals surface area contributed by atoms with Gasteiger partial charge in [0.05, 0.1) is 0 Å². The Bertz CT molecular complexity index is 932. The molecule has 6 N–H and O–H groups in total. The molecule has 2 atom stereocenters. The van der Waals surface area contributed by atoms with E-state index in [0.717, 1.165) is 5.56 Å². The maximum absolute atomic E-state index is 12.7. The van der Waals surface area contributed by atoms with Gasteiger partial charge in [-0.15, -0.1) is 0 Å². The number of carbonyl (C=O) groups excluding carboxylic acids is 3. The number of phenols is 1. The number of carboxylic acid groups (broad SMARTS) is 1. The number of hydrogen-bond donors (Lipinski definition) is 5. The second-order valence-corrected chi connectivity index (χ2v) is 7.03. The van der Waals surface area contributed by atoms with Crippen LogP contribution in [0.3, 0.4) is 0 Å². The summed E-state index contributed by atoms with van der Waals surface area (Å²) in [6, 6.07) is 12.2. The van der Waals surface area contributed by atoms with Crippen LogP contribution in [0.15, 0.2) is 54.6 Å². The lowest BCUT2D eigenvalue weighted by Gasteiger charge is -2.21. The molecule has 2 aromatic rings. The van der Waals surface area contributed by atoms with E-state index in [1.165, 1.54) is 24.3 Å². The molecule has 0 aliphatic carbocycles. The molecule has 10 nitrogen and oxygen atoms in total. The largest absolute Gasteiger partial charge is 0.508 e. The Hall–Kier alpha value is -4.08. The van der Waals surface area contributed by atoms with E-state index in [4.69, 9.17) is 10.5 Å². The molecule has 3 amide bonds. The Morgan fingerprint density at radius 3 is 2.16 bits per heavy atom. The smallest absolute Gasteiger partial charge is 0.408 e. The van der Waals surface area contributed by atoms with Gasteiger partial charge in [-0.25, -0.2) is 9.59 Å². The summed E-state index contributed by atoms with van der Waals surface area (Å²) in [5.41, 5.74) is 6.45. The SMILES string of the molecule is NC(=O)CC[C@H](NC(=O)OCc1ccccc1)C(=O)N[C@@H](Cc1ccc(O)cc1)C(=O)O. The molecule has 0 saturated carbocycles. The Morgan fingerprint density at radius 2 is 1.56 bits per heavy atom. The number of rotatable bonds is 11. The highest BCUT2D eigenvalue weighted by atomic mass is 16.5. The molecule has 32 heavy (non-hydrogen) atoms. The van der Waals surface area contributed by atoms with Crippen molar-refractivity contribution in [3.8, 4) is 5.75 Å². The van der Waals surface area contributed by atoms with Crippen molar-refractivity contribution in [1.82, 2.24) is 10.6 Å². The molecule has 0 saturated heterocycles. The number of carboxylic acids is 1. The van der Waals surface area contributed by atoms with E-state index in [1.54, 1.807) is 24.3 Å². The molecule has 0 aliphatic heterocycles. The van der Waals surface area contributed by atoms with E-state index in [1.807, 2.05) is 6.07 Å². The van der Waals surface area contributed by atoms with Crippen molar-refractivity contribution >= 4 is 23.9 Å². The molecule has 0 radical (unpaired) electrons. The summed E-state index contributed by atoms with van der Waals surface area (Å²) >= 11 is 0. The molecule has 0 unspecified atom stereocenters. The second kappa shape index (κ2) is 11.9. The van der Waals surface area contributed by atoms with E-state index < -0.39 is 36.0 Å². The van der Waals surface area contributed by atoms with Crippen LogP contribution >= 0.6 is 0 Å². The summed E-state index contributed by atoms with van der Waals surface area (Å²) in [5.74, 6) is -2.74. The highest BCUT2D eigenvalue weighted by Gasteiger charge is 2.27. The fraction of sp³-hybridized carbons (Fsp3) is 0.273. The molecular formula is C22H25N3O7. The van der Waals surface area contributed by atoms with Crippen LogP contribution < -0.4 is 16.4 Å². The third-order valence-electron chi connectivity index (χ3n) is 4.49. The molecule has 2 rings (SSSR count). The number of nitrogens with two attached hydrogens (primary N) is 1. The Morgan fingerprint density at radius 1 is 0.906 bits per heavy atom. The van der Waals surface area contributed by atoms with E-state index >= 15 is 0 Å². The number of aromatic hydroxyl groups is 1. The summed E-state index contributed by atoms with van der Waals surface area (Å²) in [6.07, 6.45) is -1.29. The molecule has 0 bridgehead atoms. The lowest BCUT2D eigenvalue weighted by Crippen LogP contribution is -2.52. The van der Waals surface area contributed by atoms with Gasteiger partial charge in [0, 0.05) is 12.8 Å². The van der Waals surface area contributed by atoms with Gasteiger partial charge in [-0.2, -0.15) is 0 Å². The van der Waals surface area contributed by atoms with E-state index in [-0.39, 0.29) is 31.6 Å². The minimum atomic E-state index is -1.30.